The van der Waals surface area contributed by atoms with Crippen LogP contribution in [0.1, 0.15) is 21.8 Å². The van der Waals surface area contributed by atoms with Crippen molar-refractivity contribution >= 4 is 5.78 Å². The number of nitrogens with two attached hydrogens (primary N) is 1. The van der Waals surface area contributed by atoms with Gasteiger partial charge in [0.05, 0.1) is 20.1 Å². The standard InChI is InChI=1S/C17H19NO3/c1-20-14-8-13(9-15(10-14)21-2)17(19)16(11-18)12-6-4-3-5-7-12/h3-10,16H,11,18H2,1-2H3. The molecule has 21 heavy (non-hydrogen) atoms. The Bertz CT molecular complexity index is 588. The van der Waals surface area contributed by atoms with Gasteiger partial charge < -0.3 is 15.2 Å². The molecular formula is C17H19NO3. The van der Waals surface area contributed by atoms with E-state index in [2.05, 4.69) is 0 Å². The van der Waals surface area contributed by atoms with E-state index in [0.717, 1.165) is 5.56 Å². The third-order valence-corrected chi connectivity index (χ3v) is 3.39. The van der Waals surface area contributed by atoms with Gasteiger partial charge in [0.1, 0.15) is 11.5 Å². The molecule has 4 nitrogen and oxygen atoms in total. The van der Waals surface area contributed by atoms with E-state index in [9.17, 15) is 4.79 Å². The molecule has 0 saturated heterocycles. The second kappa shape index (κ2) is 6.90. The van der Waals surface area contributed by atoms with Gasteiger partial charge in [-0.15, -0.1) is 0 Å². The van der Waals surface area contributed by atoms with Crippen LogP contribution in [0.5, 0.6) is 11.5 Å². The maximum absolute atomic E-state index is 12.7. The van der Waals surface area contributed by atoms with Crippen LogP contribution in [0.25, 0.3) is 0 Å². The molecule has 0 aliphatic rings. The molecule has 1 unspecified atom stereocenters. The third-order valence-electron chi connectivity index (χ3n) is 3.39. The molecule has 0 spiro atoms. The predicted octanol–water partition coefficient (Wildman–Crippen LogP) is 2.63. The van der Waals surface area contributed by atoms with Gasteiger partial charge in [0.2, 0.25) is 0 Å². The van der Waals surface area contributed by atoms with Gasteiger partial charge in [0, 0.05) is 18.2 Å². The number of Topliss-reactive ketones (excluding diaryl/α,β-unsaturated/α-hetero) is 1. The fraction of sp³-hybridized carbons (Fsp3) is 0.235. The Hall–Kier alpha value is -2.33. The van der Waals surface area contributed by atoms with Gasteiger partial charge in [-0.3, -0.25) is 4.79 Å². The highest BCUT2D eigenvalue weighted by atomic mass is 16.5. The van der Waals surface area contributed by atoms with Crippen LogP contribution in [0.15, 0.2) is 48.5 Å². The van der Waals surface area contributed by atoms with Gasteiger partial charge >= 0.3 is 0 Å². The molecule has 2 N–H and O–H groups in total. The largest absolute Gasteiger partial charge is 0.497 e. The Balaban J connectivity index is 2.38. The number of rotatable bonds is 6. The molecule has 2 rings (SSSR count). The maximum atomic E-state index is 12.7. The molecule has 0 fully saturated rings. The number of ketones is 1. The lowest BCUT2D eigenvalue weighted by molar-refractivity contribution is 0.0961. The van der Waals surface area contributed by atoms with E-state index in [0.29, 0.717) is 17.1 Å². The zero-order valence-electron chi connectivity index (χ0n) is 12.2. The summed E-state index contributed by atoms with van der Waals surface area (Å²) in [6, 6.07) is 14.7. The van der Waals surface area contributed by atoms with E-state index in [4.69, 9.17) is 15.2 Å². The Morgan fingerprint density at radius 1 is 1.05 bits per heavy atom. The second-order valence-corrected chi connectivity index (χ2v) is 4.66. The van der Waals surface area contributed by atoms with Gasteiger partial charge in [-0.2, -0.15) is 0 Å². The van der Waals surface area contributed by atoms with Crippen LogP contribution in [0, 0.1) is 0 Å². The SMILES string of the molecule is COc1cc(OC)cc(C(=O)C(CN)c2ccccc2)c1. The fourth-order valence-corrected chi connectivity index (χ4v) is 2.23. The summed E-state index contributed by atoms with van der Waals surface area (Å²) >= 11 is 0. The van der Waals surface area contributed by atoms with Gasteiger partial charge in [-0.05, 0) is 17.7 Å². The molecule has 0 bridgehead atoms. The van der Waals surface area contributed by atoms with Crippen LogP contribution in [0.3, 0.4) is 0 Å². The molecule has 4 heteroatoms. The van der Waals surface area contributed by atoms with Crippen LogP contribution in [0.4, 0.5) is 0 Å². The lowest BCUT2D eigenvalue weighted by Crippen LogP contribution is -2.22. The summed E-state index contributed by atoms with van der Waals surface area (Å²) in [6.07, 6.45) is 0. The van der Waals surface area contributed by atoms with E-state index >= 15 is 0 Å². The van der Waals surface area contributed by atoms with E-state index in [1.54, 1.807) is 32.4 Å². The summed E-state index contributed by atoms with van der Waals surface area (Å²) in [5.41, 5.74) is 7.24. The minimum atomic E-state index is -0.372. The average Bonchev–Trinajstić information content (AvgIpc) is 2.55. The first-order valence-electron chi connectivity index (χ1n) is 6.72. The number of hydrogen-bond acceptors (Lipinski definition) is 4. The molecule has 1 atom stereocenters. The Kier molecular flexibility index (Phi) is 4.95. The number of benzene rings is 2. The van der Waals surface area contributed by atoms with Gasteiger partial charge in [-0.1, -0.05) is 30.3 Å². The Labute approximate surface area is 124 Å². The second-order valence-electron chi connectivity index (χ2n) is 4.66. The Morgan fingerprint density at radius 2 is 1.62 bits per heavy atom. The number of hydrogen-bond donors (Lipinski definition) is 1. The minimum absolute atomic E-state index is 0.0408. The molecular weight excluding hydrogens is 266 g/mol. The maximum Gasteiger partial charge on any atom is 0.171 e. The highest BCUT2D eigenvalue weighted by Crippen LogP contribution is 2.27. The van der Waals surface area contributed by atoms with Gasteiger partial charge in [-0.25, -0.2) is 0 Å². The summed E-state index contributed by atoms with van der Waals surface area (Å²) in [7, 11) is 3.11. The van der Waals surface area contributed by atoms with Crippen LogP contribution in [-0.4, -0.2) is 26.5 Å². The lowest BCUT2D eigenvalue weighted by atomic mass is 9.90. The molecule has 2 aromatic rings. The monoisotopic (exact) mass is 285 g/mol. The molecule has 0 radical (unpaired) electrons. The fourth-order valence-electron chi connectivity index (χ4n) is 2.23. The predicted molar refractivity (Wildman–Crippen MR) is 82.1 cm³/mol. The zero-order valence-corrected chi connectivity index (χ0v) is 12.2. The van der Waals surface area contributed by atoms with Crippen LogP contribution in [0.2, 0.25) is 0 Å². The quantitative estimate of drug-likeness (QED) is 0.829. The van der Waals surface area contributed by atoms with Crippen molar-refractivity contribution in [2.75, 3.05) is 20.8 Å². The van der Waals surface area contributed by atoms with Crippen molar-refractivity contribution in [2.24, 2.45) is 5.73 Å². The number of carbonyl (C=O) groups excluding carboxylic acids is 1. The van der Waals surface area contributed by atoms with Crippen molar-refractivity contribution in [3.8, 4) is 11.5 Å². The van der Waals surface area contributed by atoms with E-state index in [1.165, 1.54) is 0 Å². The summed E-state index contributed by atoms with van der Waals surface area (Å²) in [5.74, 6) is 0.756. The van der Waals surface area contributed by atoms with Crippen molar-refractivity contribution < 1.29 is 14.3 Å². The molecule has 0 saturated carbocycles. The first kappa shape index (κ1) is 15.1. The van der Waals surface area contributed by atoms with Crippen molar-refractivity contribution in [3.05, 3.63) is 59.7 Å². The molecule has 2 aromatic carbocycles. The average molecular weight is 285 g/mol. The minimum Gasteiger partial charge on any atom is -0.497 e. The van der Waals surface area contributed by atoms with Crippen molar-refractivity contribution in [1.29, 1.82) is 0 Å². The summed E-state index contributed by atoms with van der Waals surface area (Å²) in [4.78, 5) is 12.7. The first-order valence-corrected chi connectivity index (χ1v) is 6.72. The van der Waals surface area contributed by atoms with Crippen molar-refractivity contribution in [1.82, 2.24) is 0 Å². The first-order chi connectivity index (χ1) is 10.2. The van der Waals surface area contributed by atoms with Crippen molar-refractivity contribution in [2.45, 2.75) is 5.92 Å². The lowest BCUT2D eigenvalue weighted by Gasteiger charge is -2.15. The van der Waals surface area contributed by atoms with Gasteiger partial charge in [0.15, 0.2) is 5.78 Å². The number of methoxy groups -OCH3 is 2. The van der Waals surface area contributed by atoms with Crippen LogP contribution >= 0.6 is 0 Å². The summed E-state index contributed by atoms with van der Waals surface area (Å²) < 4.78 is 10.4. The van der Waals surface area contributed by atoms with E-state index in [-0.39, 0.29) is 18.2 Å². The molecule has 0 amide bonds. The Morgan fingerprint density at radius 3 is 2.10 bits per heavy atom. The van der Waals surface area contributed by atoms with E-state index in [1.807, 2.05) is 30.3 Å². The molecule has 0 heterocycles. The highest BCUT2D eigenvalue weighted by Gasteiger charge is 2.21. The van der Waals surface area contributed by atoms with Crippen LogP contribution < -0.4 is 15.2 Å². The third kappa shape index (κ3) is 3.41. The normalized spacial score (nSPS) is 11.8. The van der Waals surface area contributed by atoms with E-state index < -0.39 is 0 Å². The topological polar surface area (TPSA) is 61.5 Å². The highest BCUT2D eigenvalue weighted by molar-refractivity contribution is 6.01. The molecule has 0 aromatic heterocycles. The summed E-state index contributed by atoms with van der Waals surface area (Å²) in [6.45, 7) is 0.252. The number of carbonyl (C=O) groups is 1. The molecule has 0 aliphatic carbocycles. The molecule has 110 valence electrons. The van der Waals surface area contributed by atoms with Crippen molar-refractivity contribution in [3.63, 3.8) is 0 Å². The molecule has 0 aliphatic heterocycles. The van der Waals surface area contributed by atoms with Crippen LogP contribution in [-0.2, 0) is 0 Å². The smallest absolute Gasteiger partial charge is 0.171 e. The number of ether oxygens (including phenoxy) is 2. The summed E-state index contributed by atoms with van der Waals surface area (Å²) in [5, 5.41) is 0. The van der Waals surface area contributed by atoms with Gasteiger partial charge in [0.25, 0.3) is 0 Å². The zero-order chi connectivity index (χ0) is 15.2.